The van der Waals surface area contributed by atoms with E-state index >= 15 is 0 Å². The lowest BCUT2D eigenvalue weighted by molar-refractivity contribution is 0.206. The average molecular weight is 247 g/mol. The van der Waals surface area contributed by atoms with Gasteiger partial charge in [-0.25, -0.2) is 0 Å². The first-order valence-electron chi connectivity index (χ1n) is 6.16. The van der Waals surface area contributed by atoms with E-state index in [0.29, 0.717) is 12.2 Å². The molecule has 98 valence electrons. The summed E-state index contributed by atoms with van der Waals surface area (Å²) in [5.41, 5.74) is 2.80. The van der Waals surface area contributed by atoms with Crippen LogP contribution in [0.4, 0.5) is 5.69 Å². The molecule has 0 aromatic heterocycles. The number of benzene rings is 1. The number of hydrogen-bond acceptors (Lipinski definition) is 4. The molecule has 1 N–H and O–H groups in total. The third kappa shape index (κ3) is 4.02. The molecule has 18 heavy (non-hydrogen) atoms. The minimum absolute atomic E-state index is 0.653. The normalized spacial score (nSPS) is 10.1. The number of rotatable bonds is 7. The second-order valence-electron chi connectivity index (χ2n) is 4.16. The second-order valence-corrected chi connectivity index (χ2v) is 4.16. The Balaban J connectivity index is 2.83. The van der Waals surface area contributed by atoms with Crippen molar-refractivity contribution in [1.82, 2.24) is 5.32 Å². The zero-order chi connectivity index (χ0) is 13.4. The predicted molar refractivity (Wildman–Crippen MR) is 73.7 cm³/mol. The van der Waals surface area contributed by atoms with Crippen LogP contribution in [0.2, 0.25) is 0 Å². The summed E-state index contributed by atoms with van der Waals surface area (Å²) in [6, 6.07) is 8.26. The van der Waals surface area contributed by atoms with Crippen molar-refractivity contribution in [3.05, 3.63) is 29.3 Å². The molecule has 0 bridgehead atoms. The average Bonchev–Trinajstić information content (AvgIpc) is 2.42. The first kappa shape index (κ1) is 14.5. The van der Waals surface area contributed by atoms with Gasteiger partial charge in [-0.15, -0.1) is 0 Å². The van der Waals surface area contributed by atoms with Crippen LogP contribution in [0.15, 0.2) is 18.2 Å². The molecule has 1 aromatic carbocycles. The summed E-state index contributed by atoms with van der Waals surface area (Å²) < 4.78 is 5.05. The van der Waals surface area contributed by atoms with E-state index in [4.69, 9.17) is 4.74 Å². The minimum Gasteiger partial charge on any atom is -0.383 e. The molecule has 0 heterocycles. The molecule has 0 unspecified atom stereocenters. The Morgan fingerprint density at radius 1 is 1.44 bits per heavy atom. The molecule has 0 aliphatic carbocycles. The van der Waals surface area contributed by atoms with Crippen LogP contribution >= 0.6 is 0 Å². The molecule has 0 aliphatic rings. The van der Waals surface area contributed by atoms with Crippen molar-refractivity contribution in [3.63, 3.8) is 0 Å². The molecular weight excluding hydrogens is 226 g/mol. The monoisotopic (exact) mass is 247 g/mol. The molecule has 4 nitrogen and oxygen atoms in total. The molecular formula is C14H21N3O. The highest BCUT2D eigenvalue weighted by Crippen LogP contribution is 2.20. The third-order valence-electron chi connectivity index (χ3n) is 2.80. The van der Waals surface area contributed by atoms with Crippen molar-refractivity contribution >= 4 is 5.69 Å². The lowest BCUT2D eigenvalue weighted by Gasteiger charge is -2.20. The molecule has 0 radical (unpaired) electrons. The summed E-state index contributed by atoms with van der Waals surface area (Å²) in [6.07, 6.45) is 0. The van der Waals surface area contributed by atoms with Gasteiger partial charge in [-0.2, -0.15) is 5.26 Å². The Bertz CT molecular complexity index is 412. The van der Waals surface area contributed by atoms with Gasteiger partial charge in [0.25, 0.3) is 0 Å². The highest BCUT2D eigenvalue weighted by atomic mass is 16.5. The van der Waals surface area contributed by atoms with Gasteiger partial charge >= 0.3 is 0 Å². The maximum Gasteiger partial charge on any atom is 0.101 e. The molecule has 1 aromatic rings. The molecule has 1 rings (SSSR count). The van der Waals surface area contributed by atoms with Gasteiger partial charge in [0.05, 0.1) is 17.9 Å². The van der Waals surface area contributed by atoms with E-state index in [1.54, 1.807) is 7.11 Å². The van der Waals surface area contributed by atoms with Gasteiger partial charge in [-0.05, 0) is 24.2 Å². The zero-order valence-electron chi connectivity index (χ0n) is 11.4. The lowest BCUT2D eigenvalue weighted by atomic mass is 10.1. The van der Waals surface area contributed by atoms with Crippen LogP contribution in [-0.2, 0) is 11.3 Å². The van der Waals surface area contributed by atoms with Gasteiger partial charge in [-0.1, -0.05) is 13.0 Å². The van der Waals surface area contributed by atoms with Crippen LogP contribution in [0.1, 0.15) is 18.1 Å². The first-order chi connectivity index (χ1) is 8.72. The Morgan fingerprint density at radius 2 is 2.22 bits per heavy atom. The lowest BCUT2D eigenvalue weighted by Crippen LogP contribution is -2.23. The van der Waals surface area contributed by atoms with Crippen molar-refractivity contribution < 1.29 is 4.74 Å². The van der Waals surface area contributed by atoms with Crippen LogP contribution in [-0.4, -0.2) is 33.9 Å². The number of hydrogen-bond donors (Lipinski definition) is 1. The van der Waals surface area contributed by atoms with E-state index in [9.17, 15) is 5.26 Å². The van der Waals surface area contributed by atoms with E-state index in [1.807, 2.05) is 24.1 Å². The SMILES string of the molecule is CCNCc1ccc(N(C)CCOC)c(C#N)c1. The third-order valence-corrected chi connectivity index (χ3v) is 2.80. The van der Waals surface area contributed by atoms with E-state index in [2.05, 4.69) is 24.4 Å². The molecule has 0 amide bonds. The maximum atomic E-state index is 9.21. The number of ether oxygens (including phenoxy) is 1. The van der Waals surface area contributed by atoms with Crippen LogP contribution in [0.5, 0.6) is 0 Å². The van der Waals surface area contributed by atoms with Crippen LogP contribution in [0.25, 0.3) is 0 Å². The van der Waals surface area contributed by atoms with Crippen molar-refractivity contribution in [3.8, 4) is 6.07 Å². The predicted octanol–water partition coefficient (Wildman–Crippen LogP) is 1.75. The summed E-state index contributed by atoms with van der Waals surface area (Å²) >= 11 is 0. The van der Waals surface area contributed by atoms with E-state index < -0.39 is 0 Å². The largest absolute Gasteiger partial charge is 0.383 e. The Labute approximate surface area is 109 Å². The number of likely N-dealkylation sites (N-methyl/N-ethyl adjacent to an activating group) is 1. The van der Waals surface area contributed by atoms with Gasteiger partial charge in [0.2, 0.25) is 0 Å². The first-order valence-corrected chi connectivity index (χ1v) is 6.16. The summed E-state index contributed by atoms with van der Waals surface area (Å²) in [4.78, 5) is 2.04. The molecule has 0 saturated carbocycles. The Kier molecular flexibility index (Phi) is 6.20. The van der Waals surface area contributed by atoms with Crippen LogP contribution in [0, 0.1) is 11.3 Å². The van der Waals surface area contributed by atoms with E-state index in [-0.39, 0.29) is 0 Å². The number of anilines is 1. The zero-order valence-corrected chi connectivity index (χ0v) is 11.4. The van der Waals surface area contributed by atoms with Gasteiger partial charge in [-0.3, -0.25) is 0 Å². The molecule has 4 heteroatoms. The standard InChI is InChI=1S/C14H21N3O/c1-4-16-11-12-5-6-14(13(9-12)10-15)17(2)7-8-18-3/h5-6,9,16H,4,7-8,11H2,1-3H3. The van der Waals surface area contributed by atoms with Crippen molar-refractivity contribution in [2.75, 3.05) is 38.8 Å². The van der Waals surface area contributed by atoms with Crippen molar-refractivity contribution in [2.24, 2.45) is 0 Å². The maximum absolute atomic E-state index is 9.21. The summed E-state index contributed by atoms with van der Waals surface area (Å²) in [5, 5.41) is 12.5. The van der Waals surface area contributed by atoms with Gasteiger partial charge in [0.1, 0.15) is 6.07 Å². The van der Waals surface area contributed by atoms with Crippen LogP contribution < -0.4 is 10.2 Å². The Morgan fingerprint density at radius 3 is 2.83 bits per heavy atom. The molecule has 0 fully saturated rings. The minimum atomic E-state index is 0.653. The molecule has 0 aliphatic heterocycles. The van der Waals surface area contributed by atoms with Gasteiger partial charge < -0.3 is 15.0 Å². The summed E-state index contributed by atoms with van der Waals surface area (Å²) in [5.74, 6) is 0. The van der Waals surface area contributed by atoms with Crippen LogP contribution in [0.3, 0.4) is 0 Å². The summed E-state index contributed by atoms with van der Waals surface area (Å²) in [6.45, 7) is 5.22. The fraction of sp³-hybridized carbons (Fsp3) is 0.500. The number of methoxy groups -OCH3 is 1. The molecule has 0 atom stereocenters. The fourth-order valence-electron chi connectivity index (χ4n) is 1.73. The van der Waals surface area contributed by atoms with Gasteiger partial charge in [0, 0.05) is 27.2 Å². The smallest absolute Gasteiger partial charge is 0.101 e. The number of nitriles is 1. The van der Waals surface area contributed by atoms with Gasteiger partial charge in [0.15, 0.2) is 0 Å². The number of nitrogens with zero attached hydrogens (tertiary/aromatic N) is 2. The van der Waals surface area contributed by atoms with E-state index in [0.717, 1.165) is 30.9 Å². The highest BCUT2D eigenvalue weighted by Gasteiger charge is 2.08. The second kappa shape index (κ2) is 7.70. The van der Waals surface area contributed by atoms with E-state index in [1.165, 1.54) is 0 Å². The quantitative estimate of drug-likeness (QED) is 0.797. The topological polar surface area (TPSA) is 48.3 Å². The molecule has 0 saturated heterocycles. The van der Waals surface area contributed by atoms with Crippen molar-refractivity contribution in [1.29, 1.82) is 5.26 Å². The Hall–Kier alpha value is -1.57. The summed E-state index contributed by atoms with van der Waals surface area (Å²) in [7, 11) is 3.65. The highest BCUT2D eigenvalue weighted by molar-refractivity contribution is 5.60. The number of nitrogens with one attached hydrogen (secondary N) is 1. The van der Waals surface area contributed by atoms with Crippen molar-refractivity contribution in [2.45, 2.75) is 13.5 Å². The fourth-order valence-corrected chi connectivity index (χ4v) is 1.73. The molecule has 0 spiro atoms.